The summed E-state index contributed by atoms with van der Waals surface area (Å²) in [6.45, 7) is 2.44. The van der Waals surface area contributed by atoms with Crippen LogP contribution >= 0.6 is 11.6 Å². The predicted octanol–water partition coefficient (Wildman–Crippen LogP) is 2.92. The van der Waals surface area contributed by atoms with Gasteiger partial charge in [-0.05, 0) is 32.4 Å². The molecule has 1 aromatic carbocycles. The molecule has 1 unspecified atom stereocenters. The maximum absolute atomic E-state index is 13.8. The minimum Gasteiger partial charge on any atom is -0.505 e. The van der Waals surface area contributed by atoms with E-state index in [1.807, 2.05) is 0 Å². The van der Waals surface area contributed by atoms with Crippen molar-refractivity contribution < 1.29 is 13.9 Å². The number of phenols is 1. The Hall–Kier alpha value is -0.870. The Labute approximate surface area is 97.2 Å². The minimum atomic E-state index is -0.892. The normalized spacial score (nSPS) is 25.0. The van der Waals surface area contributed by atoms with Crippen LogP contribution in [0.4, 0.5) is 8.78 Å². The molecule has 0 spiro atoms. The van der Waals surface area contributed by atoms with Crippen LogP contribution in [0, 0.1) is 11.6 Å². The Bertz CT molecular complexity index is 404. The molecule has 1 aromatic rings. The largest absolute Gasteiger partial charge is 0.505 e. The highest BCUT2D eigenvalue weighted by Gasteiger charge is 2.37. The molecule has 0 saturated carbocycles. The molecule has 1 atom stereocenters. The first-order chi connectivity index (χ1) is 7.46. The Balaban J connectivity index is 2.63. The van der Waals surface area contributed by atoms with E-state index >= 15 is 0 Å². The lowest BCUT2D eigenvalue weighted by atomic mass is 9.89. The topological polar surface area (TPSA) is 32.3 Å². The van der Waals surface area contributed by atoms with Crippen LogP contribution in [0.25, 0.3) is 0 Å². The SMILES string of the molecule is CC1(c2c(O)c(F)cc(Cl)c2F)CCCN1. The fraction of sp³-hybridized carbons (Fsp3) is 0.455. The molecule has 2 N–H and O–H groups in total. The first kappa shape index (κ1) is 11.6. The van der Waals surface area contributed by atoms with E-state index in [1.54, 1.807) is 6.92 Å². The number of rotatable bonds is 1. The molecule has 0 amide bonds. The summed E-state index contributed by atoms with van der Waals surface area (Å²) >= 11 is 5.58. The first-order valence-corrected chi connectivity index (χ1v) is 5.45. The molecule has 1 aliphatic heterocycles. The van der Waals surface area contributed by atoms with Crippen molar-refractivity contribution in [2.75, 3.05) is 6.54 Å². The van der Waals surface area contributed by atoms with Gasteiger partial charge in [0.05, 0.1) is 10.6 Å². The van der Waals surface area contributed by atoms with Crippen molar-refractivity contribution in [3.8, 4) is 5.75 Å². The highest BCUT2D eigenvalue weighted by atomic mass is 35.5. The quantitative estimate of drug-likeness (QED) is 0.748. The van der Waals surface area contributed by atoms with Gasteiger partial charge in [-0.3, -0.25) is 0 Å². The number of phenolic OH excluding ortho intramolecular Hbond substituents is 1. The molecule has 16 heavy (non-hydrogen) atoms. The summed E-state index contributed by atoms with van der Waals surface area (Å²) < 4.78 is 27.2. The maximum Gasteiger partial charge on any atom is 0.166 e. The van der Waals surface area contributed by atoms with Crippen molar-refractivity contribution in [3.63, 3.8) is 0 Å². The van der Waals surface area contributed by atoms with Crippen molar-refractivity contribution in [2.24, 2.45) is 0 Å². The van der Waals surface area contributed by atoms with Crippen LogP contribution in [-0.2, 0) is 5.54 Å². The number of hydrogen-bond donors (Lipinski definition) is 2. The predicted molar refractivity (Wildman–Crippen MR) is 57.6 cm³/mol. The zero-order valence-corrected chi connectivity index (χ0v) is 9.54. The van der Waals surface area contributed by atoms with Crippen molar-refractivity contribution in [3.05, 3.63) is 28.3 Å². The summed E-state index contributed by atoms with van der Waals surface area (Å²) in [5.41, 5.74) is -0.824. The maximum atomic E-state index is 13.8. The van der Waals surface area contributed by atoms with Crippen molar-refractivity contribution >= 4 is 11.6 Å². The van der Waals surface area contributed by atoms with Crippen molar-refractivity contribution in [1.82, 2.24) is 5.32 Å². The van der Waals surface area contributed by atoms with E-state index in [1.165, 1.54) is 0 Å². The third-order valence-corrected chi connectivity index (χ3v) is 3.34. The van der Waals surface area contributed by atoms with E-state index < -0.39 is 22.9 Å². The van der Waals surface area contributed by atoms with Crippen LogP contribution in [0.1, 0.15) is 25.3 Å². The van der Waals surface area contributed by atoms with Crippen LogP contribution in [-0.4, -0.2) is 11.7 Å². The fourth-order valence-corrected chi connectivity index (χ4v) is 2.39. The molecule has 1 aliphatic rings. The Morgan fingerprint density at radius 3 is 2.75 bits per heavy atom. The van der Waals surface area contributed by atoms with Crippen molar-refractivity contribution in [1.29, 1.82) is 0 Å². The fourth-order valence-electron chi connectivity index (χ4n) is 2.20. The van der Waals surface area contributed by atoms with Crippen LogP contribution in [0.2, 0.25) is 5.02 Å². The third-order valence-electron chi connectivity index (χ3n) is 3.07. The van der Waals surface area contributed by atoms with E-state index in [-0.39, 0.29) is 10.6 Å². The highest BCUT2D eigenvalue weighted by Crippen LogP contribution is 2.41. The smallest absolute Gasteiger partial charge is 0.166 e. The zero-order valence-electron chi connectivity index (χ0n) is 8.78. The Morgan fingerprint density at radius 2 is 2.19 bits per heavy atom. The van der Waals surface area contributed by atoms with Gasteiger partial charge in [-0.25, -0.2) is 8.78 Å². The summed E-state index contributed by atoms with van der Waals surface area (Å²) in [5, 5.41) is 12.4. The van der Waals surface area contributed by atoms with Gasteiger partial charge in [-0.15, -0.1) is 0 Å². The molecule has 5 heteroatoms. The summed E-state index contributed by atoms with van der Waals surface area (Å²) in [6.07, 6.45) is 1.49. The molecule has 0 bridgehead atoms. The summed E-state index contributed by atoms with van der Waals surface area (Å²) in [7, 11) is 0. The molecular formula is C11H12ClF2NO. The van der Waals surface area contributed by atoms with Gasteiger partial charge < -0.3 is 10.4 Å². The van der Waals surface area contributed by atoms with Crippen LogP contribution in [0.5, 0.6) is 5.75 Å². The van der Waals surface area contributed by atoms with E-state index in [0.717, 1.165) is 12.5 Å². The molecule has 0 aromatic heterocycles. The Morgan fingerprint density at radius 1 is 1.50 bits per heavy atom. The van der Waals surface area contributed by atoms with Gasteiger partial charge in [0.25, 0.3) is 0 Å². The van der Waals surface area contributed by atoms with Gasteiger partial charge >= 0.3 is 0 Å². The average molecular weight is 248 g/mol. The second-order valence-electron chi connectivity index (χ2n) is 4.24. The van der Waals surface area contributed by atoms with Crippen molar-refractivity contribution in [2.45, 2.75) is 25.3 Å². The summed E-state index contributed by atoms with van der Waals surface area (Å²) in [5.74, 6) is -2.30. The number of nitrogens with one attached hydrogen (secondary N) is 1. The molecule has 0 aliphatic carbocycles. The molecule has 1 fully saturated rings. The Kier molecular flexibility index (Phi) is 2.80. The highest BCUT2D eigenvalue weighted by molar-refractivity contribution is 6.30. The van der Waals surface area contributed by atoms with E-state index in [0.29, 0.717) is 13.0 Å². The van der Waals surface area contributed by atoms with E-state index in [9.17, 15) is 13.9 Å². The van der Waals surface area contributed by atoms with Gasteiger partial charge in [-0.2, -0.15) is 0 Å². The molecule has 2 nitrogen and oxygen atoms in total. The lowest BCUT2D eigenvalue weighted by Gasteiger charge is -2.26. The van der Waals surface area contributed by atoms with Gasteiger partial charge in [0.15, 0.2) is 17.4 Å². The first-order valence-electron chi connectivity index (χ1n) is 5.08. The van der Waals surface area contributed by atoms with Crippen LogP contribution in [0.3, 0.4) is 0 Å². The van der Waals surface area contributed by atoms with Gasteiger partial charge in [-0.1, -0.05) is 11.6 Å². The molecule has 1 saturated heterocycles. The van der Waals surface area contributed by atoms with Crippen LogP contribution in [0.15, 0.2) is 6.07 Å². The van der Waals surface area contributed by atoms with Gasteiger partial charge in [0, 0.05) is 5.54 Å². The van der Waals surface area contributed by atoms with Crippen LogP contribution < -0.4 is 5.32 Å². The standard InChI is InChI=1S/C11H12ClF2NO/c1-11(3-2-4-15-11)8-9(14)6(12)5-7(13)10(8)16/h5,15-16H,2-4H2,1H3. The summed E-state index contributed by atoms with van der Waals surface area (Å²) in [4.78, 5) is 0. The molecular weight excluding hydrogens is 236 g/mol. The second kappa shape index (κ2) is 3.86. The molecule has 88 valence electrons. The molecule has 1 heterocycles. The lowest BCUT2D eigenvalue weighted by molar-refractivity contribution is 0.358. The number of aromatic hydroxyl groups is 1. The third kappa shape index (κ3) is 1.66. The zero-order chi connectivity index (χ0) is 11.9. The van der Waals surface area contributed by atoms with Gasteiger partial charge in [0.2, 0.25) is 0 Å². The average Bonchev–Trinajstić information content (AvgIpc) is 2.63. The lowest BCUT2D eigenvalue weighted by Crippen LogP contribution is -2.34. The minimum absolute atomic E-state index is 0.0741. The van der Waals surface area contributed by atoms with Gasteiger partial charge in [0.1, 0.15) is 0 Å². The number of hydrogen-bond acceptors (Lipinski definition) is 2. The molecule has 2 rings (SSSR count). The van der Waals surface area contributed by atoms with E-state index in [4.69, 9.17) is 11.6 Å². The second-order valence-corrected chi connectivity index (χ2v) is 4.65. The number of halogens is 3. The monoisotopic (exact) mass is 247 g/mol. The summed E-state index contributed by atoms with van der Waals surface area (Å²) in [6, 6.07) is 0.786. The number of benzene rings is 1. The molecule has 0 radical (unpaired) electrons. The van der Waals surface area contributed by atoms with E-state index in [2.05, 4.69) is 5.32 Å².